The predicted octanol–water partition coefficient (Wildman–Crippen LogP) is 1.72. The smallest absolute Gasteiger partial charge is 0.480 e. The highest BCUT2D eigenvalue weighted by Crippen LogP contribution is 2.22. The van der Waals surface area contributed by atoms with Gasteiger partial charge in [0.15, 0.2) is 0 Å². The zero-order valence-corrected chi connectivity index (χ0v) is 10.4. The highest BCUT2D eigenvalue weighted by atomic mass is 19.4. The molecule has 0 heterocycles. The largest absolute Gasteiger partial charge is 0.573 e. The first kappa shape index (κ1) is 15.8. The number of carboxylic acid groups (broad SMARTS) is 1. The molecule has 1 aromatic rings. The van der Waals surface area contributed by atoms with Gasteiger partial charge >= 0.3 is 12.3 Å². The lowest BCUT2D eigenvalue weighted by Gasteiger charge is -2.10. The maximum Gasteiger partial charge on any atom is 0.573 e. The van der Waals surface area contributed by atoms with Crippen molar-refractivity contribution in [1.82, 2.24) is 5.32 Å². The number of nitrogens with one attached hydrogen (secondary N) is 1. The topological polar surface area (TPSA) is 75.6 Å². The second-order valence-corrected chi connectivity index (χ2v) is 4.00. The lowest BCUT2D eigenvalue weighted by Crippen LogP contribution is -2.39. The highest BCUT2D eigenvalue weighted by Gasteiger charge is 2.30. The minimum atomic E-state index is -4.77. The number of halogens is 3. The Morgan fingerprint density at radius 1 is 1.30 bits per heavy atom. The van der Waals surface area contributed by atoms with Gasteiger partial charge in [-0.05, 0) is 24.6 Å². The quantitative estimate of drug-likeness (QED) is 0.866. The molecule has 110 valence electrons. The van der Waals surface area contributed by atoms with Gasteiger partial charge in [-0.1, -0.05) is 12.1 Å². The Labute approximate surface area is 112 Å². The number of carbonyl (C=O) groups excluding carboxylic acids is 1. The summed E-state index contributed by atoms with van der Waals surface area (Å²) in [5, 5.41) is 10.8. The first-order valence-electron chi connectivity index (χ1n) is 5.54. The summed E-state index contributed by atoms with van der Waals surface area (Å²) < 4.78 is 39.5. The summed E-state index contributed by atoms with van der Waals surface area (Å²) in [6, 6.07) is 3.72. The molecule has 0 saturated heterocycles. The van der Waals surface area contributed by atoms with Crippen molar-refractivity contribution in [2.75, 3.05) is 0 Å². The van der Waals surface area contributed by atoms with Gasteiger partial charge in [-0.15, -0.1) is 13.2 Å². The number of rotatable bonds is 5. The molecule has 5 nitrogen and oxygen atoms in total. The molecule has 0 spiro atoms. The molecule has 0 fully saturated rings. The third-order valence-electron chi connectivity index (χ3n) is 2.27. The fourth-order valence-corrected chi connectivity index (χ4v) is 1.35. The van der Waals surface area contributed by atoms with Crippen LogP contribution in [0.25, 0.3) is 0 Å². The van der Waals surface area contributed by atoms with Gasteiger partial charge in [0.05, 0.1) is 6.42 Å². The number of aliphatic carboxylic acids is 1. The minimum absolute atomic E-state index is 0.135. The van der Waals surface area contributed by atoms with E-state index in [2.05, 4.69) is 10.1 Å². The summed E-state index contributed by atoms with van der Waals surface area (Å²) in [6.07, 6.45) is -4.90. The van der Waals surface area contributed by atoms with E-state index in [0.29, 0.717) is 5.56 Å². The van der Waals surface area contributed by atoms with Gasteiger partial charge in [0.1, 0.15) is 11.8 Å². The van der Waals surface area contributed by atoms with E-state index in [1.165, 1.54) is 19.1 Å². The SMILES string of the molecule is CC(NC(=O)Cc1ccc(OC(F)(F)F)cc1)C(=O)O. The molecule has 1 rings (SSSR count). The van der Waals surface area contributed by atoms with E-state index in [4.69, 9.17) is 5.11 Å². The Bertz CT molecular complexity index is 484. The second kappa shape index (κ2) is 6.27. The summed E-state index contributed by atoms with van der Waals surface area (Å²) in [7, 11) is 0. The maximum absolute atomic E-state index is 11.9. The number of alkyl halides is 3. The van der Waals surface area contributed by atoms with Crippen LogP contribution < -0.4 is 10.1 Å². The molecular weight excluding hydrogens is 279 g/mol. The summed E-state index contributed by atoms with van der Waals surface area (Å²) in [5.41, 5.74) is 0.439. The van der Waals surface area contributed by atoms with E-state index in [0.717, 1.165) is 12.1 Å². The zero-order chi connectivity index (χ0) is 15.3. The average Bonchev–Trinajstić information content (AvgIpc) is 2.29. The van der Waals surface area contributed by atoms with Gasteiger partial charge in [-0.2, -0.15) is 0 Å². The molecule has 2 N–H and O–H groups in total. The van der Waals surface area contributed by atoms with Crippen molar-refractivity contribution in [2.24, 2.45) is 0 Å². The predicted molar refractivity (Wildman–Crippen MR) is 62.1 cm³/mol. The lowest BCUT2D eigenvalue weighted by molar-refractivity contribution is -0.274. The second-order valence-electron chi connectivity index (χ2n) is 4.00. The fraction of sp³-hybridized carbons (Fsp3) is 0.333. The molecule has 0 saturated carbocycles. The third-order valence-corrected chi connectivity index (χ3v) is 2.27. The highest BCUT2D eigenvalue weighted by molar-refractivity contribution is 5.84. The van der Waals surface area contributed by atoms with Crippen molar-refractivity contribution in [3.05, 3.63) is 29.8 Å². The lowest BCUT2D eigenvalue weighted by atomic mass is 10.1. The Morgan fingerprint density at radius 3 is 2.30 bits per heavy atom. The van der Waals surface area contributed by atoms with Crippen LogP contribution in [0.2, 0.25) is 0 Å². The van der Waals surface area contributed by atoms with E-state index in [9.17, 15) is 22.8 Å². The van der Waals surface area contributed by atoms with E-state index in [-0.39, 0.29) is 12.2 Å². The molecule has 0 aromatic heterocycles. The number of carboxylic acids is 1. The zero-order valence-electron chi connectivity index (χ0n) is 10.4. The van der Waals surface area contributed by atoms with Gasteiger partial charge in [-0.25, -0.2) is 0 Å². The Kier molecular flexibility index (Phi) is 4.95. The van der Waals surface area contributed by atoms with Crippen molar-refractivity contribution in [1.29, 1.82) is 0 Å². The van der Waals surface area contributed by atoms with Crippen LogP contribution in [0.3, 0.4) is 0 Å². The van der Waals surface area contributed by atoms with E-state index in [1.54, 1.807) is 0 Å². The Morgan fingerprint density at radius 2 is 1.85 bits per heavy atom. The van der Waals surface area contributed by atoms with E-state index >= 15 is 0 Å². The van der Waals surface area contributed by atoms with Gasteiger partial charge in [-0.3, -0.25) is 9.59 Å². The number of hydrogen-bond acceptors (Lipinski definition) is 3. The molecule has 1 atom stereocenters. The Balaban J connectivity index is 2.57. The van der Waals surface area contributed by atoms with Gasteiger partial charge in [0, 0.05) is 0 Å². The molecule has 0 aliphatic carbocycles. The molecular formula is C12H12F3NO4. The summed E-state index contributed by atoms with van der Waals surface area (Å²) in [4.78, 5) is 22.0. The monoisotopic (exact) mass is 291 g/mol. The number of carbonyl (C=O) groups is 2. The van der Waals surface area contributed by atoms with Crippen LogP contribution in [0, 0.1) is 0 Å². The molecule has 1 unspecified atom stereocenters. The minimum Gasteiger partial charge on any atom is -0.480 e. The number of amides is 1. The van der Waals surface area contributed by atoms with Crippen LogP contribution in [0.15, 0.2) is 24.3 Å². The summed E-state index contributed by atoms with van der Waals surface area (Å²) >= 11 is 0. The van der Waals surface area contributed by atoms with Crippen LogP contribution >= 0.6 is 0 Å². The maximum atomic E-state index is 11.9. The number of ether oxygens (including phenoxy) is 1. The standard InChI is InChI=1S/C12H12F3NO4/c1-7(11(18)19)16-10(17)6-8-2-4-9(5-3-8)20-12(13,14)15/h2-5,7H,6H2,1H3,(H,16,17)(H,18,19). The van der Waals surface area contributed by atoms with Crippen molar-refractivity contribution in [3.63, 3.8) is 0 Å². The first-order chi connectivity index (χ1) is 9.17. The molecule has 1 amide bonds. The molecule has 0 bridgehead atoms. The van der Waals surface area contributed by atoms with Gasteiger partial charge in [0.25, 0.3) is 0 Å². The van der Waals surface area contributed by atoms with Crippen molar-refractivity contribution in [3.8, 4) is 5.75 Å². The normalized spacial score (nSPS) is 12.6. The van der Waals surface area contributed by atoms with Crippen LogP contribution in [0.4, 0.5) is 13.2 Å². The Hall–Kier alpha value is -2.25. The molecule has 0 aliphatic rings. The third kappa shape index (κ3) is 5.59. The first-order valence-corrected chi connectivity index (χ1v) is 5.54. The van der Waals surface area contributed by atoms with Crippen LogP contribution in [-0.2, 0) is 16.0 Å². The fourth-order valence-electron chi connectivity index (χ4n) is 1.35. The number of hydrogen-bond donors (Lipinski definition) is 2. The van der Waals surface area contributed by atoms with Gasteiger partial charge in [0.2, 0.25) is 5.91 Å². The van der Waals surface area contributed by atoms with E-state index in [1.807, 2.05) is 0 Å². The summed E-state index contributed by atoms with van der Waals surface area (Å²) in [5.74, 6) is -2.10. The van der Waals surface area contributed by atoms with Crippen molar-refractivity contribution < 1.29 is 32.6 Å². The van der Waals surface area contributed by atoms with Crippen LogP contribution in [0.1, 0.15) is 12.5 Å². The number of benzene rings is 1. The molecule has 0 aliphatic heterocycles. The summed E-state index contributed by atoms with van der Waals surface area (Å²) in [6.45, 7) is 1.31. The van der Waals surface area contributed by atoms with Crippen molar-refractivity contribution in [2.45, 2.75) is 25.7 Å². The average molecular weight is 291 g/mol. The van der Waals surface area contributed by atoms with Crippen molar-refractivity contribution >= 4 is 11.9 Å². The molecule has 8 heteroatoms. The van der Waals surface area contributed by atoms with Gasteiger partial charge < -0.3 is 15.2 Å². The van der Waals surface area contributed by atoms with Crippen LogP contribution in [0.5, 0.6) is 5.75 Å². The van der Waals surface area contributed by atoms with E-state index < -0.39 is 24.3 Å². The molecule has 0 radical (unpaired) electrons. The molecule has 20 heavy (non-hydrogen) atoms. The van der Waals surface area contributed by atoms with Crippen LogP contribution in [-0.4, -0.2) is 29.4 Å². The molecule has 1 aromatic carbocycles.